The van der Waals surface area contributed by atoms with Gasteiger partial charge in [0.2, 0.25) is 0 Å². The van der Waals surface area contributed by atoms with Crippen LogP contribution in [0.2, 0.25) is 0 Å². The summed E-state index contributed by atoms with van der Waals surface area (Å²) in [6.07, 6.45) is 0. The van der Waals surface area contributed by atoms with Gasteiger partial charge in [-0.2, -0.15) is 0 Å². The Hall–Kier alpha value is -0.320. The molecule has 0 aromatic heterocycles. The Balaban J connectivity index is 2.18. The quantitative estimate of drug-likeness (QED) is 0.264. The lowest BCUT2D eigenvalue weighted by molar-refractivity contribution is 0.109. The monoisotopic (exact) mass is 344 g/mol. The van der Waals surface area contributed by atoms with Gasteiger partial charge in [-0.15, -0.1) is 0 Å². The Bertz CT molecular complexity index is 243. The van der Waals surface area contributed by atoms with Crippen LogP contribution in [0, 0.1) is 0 Å². The maximum atomic E-state index is 5.66. The molecule has 1 aliphatic rings. The minimum Gasteiger partial charge on any atom is -0.329 e. The molecule has 24 heavy (non-hydrogen) atoms. The zero-order chi connectivity index (χ0) is 17.6. The van der Waals surface area contributed by atoms with Gasteiger partial charge in [-0.3, -0.25) is 19.6 Å². The van der Waals surface area contributed by atoms with E-state index < -0.39 is 0 Å². The number of piperazine rings is 1. The summed E-state index contributed by atoms with van der Waals surface area (Å²) in [4.78, 5) is 9.83. The van der Waals surface area contributed by atoms with Crippen LogP contribution < -0.4 is 22.9 Å². The molecule has 8 N–H and O–H groups in total. The van der Waals surface area contributed by atoms with E-state index in [-0.39, 0.29) is 0 Å². The van der Waals surface area contributed by atoms with E-state index in [9.17, 15) is 0 Å². The lowest BCUT2D eigenvalue weighted by atomic mass is 10.3. The highest BCUT2D eigenvalue weighted by Gasteiger charge is 2.17. The molecule has 0 spiro atoms. The number of nitrogens with two attached hydrogens (primary N) is 4. The zero-order valence-electron chi connectivity index (χ0n) is 15.4. The van der Waals surface area contributed by atoms with Gasteiger partial charge >= 0.3 is 0 Å². The summed E-state index contributed by atoms with van der Waals surface area (Å²) in [6.45, 7) is 15.5. The van der Waals surface area contributed by atoms with E-state index in [1.54, 1.807) is 0 Å². The van der Waals surface area contributed by atoms with Crippen molar-refractivity contribution in [3.05, 3.63) is 0 Å². The summed E-state index contributed by atoms with van der Waals surface area (Å²) in [5, 5.41) is 0. The normalized spacial score (nSPS) is 17.2. The van der Waals surface area contributed by atoms with E-state index in [4.69, 9.17) is 22.9 Å². The lowest BCUT2D eigenvalue weighted by Crippen LogP contribution is -2.50. The number of hydrogen-bond donors (Lipinski definition) is 4. The molecule has 0 bridgehead atoms. The molecule has 144 valence electrons. The molecule has 1 aliphatic heterocycles. The fourth-order valence-corrected chi connectivity index (χ4v) is 3.20. The van der Waals surface area contributed by atoms with E-state index >= 15 is 0 Å². The van der Waals surface area contributed by atoms with Gasteiger partial charge in [0, 0.05) is 105 Å². The van der Waals surface area contributed by atoms with Crippen LogP contribution in [0.3, 0.4) is 0 Å². The zero-order valence-corrected chi connectivity index (χ0v) is 15.4. The van der Waals surface area contributed by atoms with Crippen LogP contribution in [0.4, 0.5) is 0 Å². The van der Waals surface area contributed by atoms with Crippen molar-refractivity contribution in [2.45, 2.75) is 0 Å². The minimum absolute atomic E-state index is 0.704. The summed E-state index contributed by atoms with van der Waals surface area (Å²) in [7, 11) is 0. The first-order valence-electron chi connectivity index (χ1n) is 9.43. The van der Waals surface area contributed by atoms with Gasteiger partial charge in [-0.25, -0.2) is 0 Å². The third-order valence-electron chi connectivity index (χ3n) is 4.71. The first-order chi connectivity index (χ1) is 11.7. The van der Waals surface area contributed by atoms with E-state index in [1.165, 1.54) is 0 Å². The van der Waals surface area contributed by atoms with E-state index in [0.717, 1.165) is 78.5 Å². The highest BCUT2D eigenvalue weighted by atomic mass is 15.3. The van der Waals surface area contributed by atoms with Crippen LogP contribution in [0.15, 0.2) is 0 Å². The maximum Gasteiger partial charge on any atom is 0.0110 e. The van der Waals surface area contributed by atoms with Gasteiger partial charge in [0.1, 0.15) is 0 Å². The third kappa shape index (κ3) is 9.24. The highest BCUT2D eigenvalue weighted by Crippen LogP contribution is 2.02. The summed E-state index contributed by atoms with van der Waals surface area (Å²) in [6, 6.07) is 0. The molecule has 1 heterocycles. The predicted octanol–water partition coefficient (Wildman–Crippen LogP) is -2.96. The van der Waals surface area contributed by atoms with Crippen LogP contribution in [-0.2, 0) is 0 Å². The largest absolute Gasteiger partial charge is 0.329 e. The number of rotatable bonds is 14. The molecule has 1 rings (SSSR count). The van der Waals surface area contributed by atoms with Crippen molar-refractivity contribution in [2.75, 3.05) is 105 Å². The molecular formula is C16H40N8. The van der Waals surface area contributed by atoms with Crippen LogP contribution >= 0.6 is 0 Å². The Morgan fingerprint density at radius 1 is 0.500 bits per heavy atom. The van der Waals surface area contributed by atoms with Crippen LogP contribution in [0.5, 0.6) is 0 Å². The van der Waals surface area contributed by atoms with Crippen molar-refractivity contribution in [2.24, 2.45) is 22.9 Å². The predicted molar refractivity (Wildman–Crippen MR) is 102 cm³/mol. The fraction of sp³-hybridized carbons (Fsp3) is 1.00. The lowest BCUT2D eigenvalue weighted by Gasteiger charge is -2.36. The molecule has 8 heteroatoms. The third-order valence-corrected chi connectivity index (χ3v) is 4.71. The molecule has 8 nitrogen and oxygen atoms in total. The Morgan fingerprint density at radius 3 is 1.04 bits per heavy atom. The van der Waals surface area contributed by atoms with Crippen molar-refractivity contribution in [3.8, 4) is 0 Å². The Kier molecular flexibility index (Phi) is 12.6. The second kappa shape index (κ2) is 13.9. The van der Waals surface area contributed by atoms with E-state index in [1.807, 2.05) is 0 Å². The smallest absolute Gasteiger partial charge is 0.0110 e. The van der Waals surface area contributed by atoms with E-state index in [0.29, 0.717) is 26.2 Å². The molecule has 0 aromatic rings. The second-order valence-electron chi connectivity index (χ2n) is 6.52. The van der Waals surface area contributed by atoms with Gasteiger partial charge in [-0.1, -0.05) is 0 Å². The summed E-state index contributed by atoms with van der Waals surface area (Å²) in [5.41, 5.74) is 22.7. The molecule has 0 aliphatic carbocycles. The molecule has 0 amide bonds. The van der Waals surface area contributed by atoms with Crippen molar-refractivity contribution >= 4 is 0 Å². The minimum atomic E-state index is 0.704. The summed E-state index contributed by atoms with van der Waals surface area (Å²) in [5.74, 6) is 0. The number of hydrogen-bond acceptors (Lipinski definition) is 8. The van der Waals surface area contributed by atoms with E-state index in [2.05, 4.69) is 19.6 Å². The number of nitrogens with zero attached hydrogens (tertiary/aromatic N) is 4. The molecule has 0 unspecified atom stereocenters. The average Bonchev–Trinajstić information content (AvgIpc) is 2.59. The van der Waals surface area contributed by atoms with Crippen LogP contribution in [0.25, 0.3) is 0 Å². The van der Waals surface area contributed by atoms with Crippen molar-refractivity contribution in [3.63, 3.8) is 0 Å². The molecule has 0 saturated carbocycles. The van der Waals surface area contributed by atoms with Gasteiger partial charge in [0.25, 0.3) is 0 Å². The topological polar surface area (TPSA) is 117 Å². The van der Waals surface area contributed by atoms with Crippen molar-refractivity contribution < 1.29 is 0 Å². The van der Waals surface area contributed by atoms with Crippen molar-refractivity contribution in [1.29, 1.82) is 0 Å². The first kappa shape index (κ1) is 21.7. The molecule has 1 fully saturated rings. The standard InChI is InChI=1S/C16H40N8/c17-1-5-21(6-2-18)9-11-23-13-15-24(16-14-23)12-10-22(7-3-19)8-4-20/h1-20H2. The van der Waals surface area contributed by atoms with Gasteiger partial charge in [0.15, 0.2) is 0 Å². The first-order valence-corrected chi connectivity index (χ1v) is 9.43. The van der Waals surface area contributed by atoms with Gasteiger partial charge < -0.3 is 22.9 Å². The summed E-state index contributed by atoms with van der Waals surface area (Å²) < 4.78 is 0. The Labute approximate surface area is 148 Å². The average molecular weight is 345 g/mol. The molecule has 0 atom stereocenters. The molecular weight excluding hydrogens is 304 g/mol. The van der Waals surface area contributed by atoms with Crippen molar-refractivity contribution in [1.82, 2.24) is 19.6 Å². The highest BCUT2D eigenvalue weighted by molar-refractivity contribution is 4.74. The van der Waals surface area contributed by atoms with Crippen LogP contribution in [-0.4, -0.2) is 124 Å². The van der Waals surface area contributed by atoms with Gasteiger partial charge in [-0.05, 0) is 0 Å². The van der Waals surface area contributed by atoms with Gasteiger partial charge in [0.05, 0.1) is 0 Å². The second-order valence-corrected chi connectivity index (χ2v) is 6.52. The molecule has 1 saturated heterocycles. The maximum absolute atomic E-state index is 5.66. The van der Waals surface area contributed by atoms with Crippen LogP contribution in [0.1, 0.15) is 0 Å². The summed E-state index contributed by atoms with van der Waals surface area (Å²) >= 11 is 0. The molecule has 0 aromatic carbocycles. The Morgan fingerprint density at radius 2 is 0.792 bits per heavy atom. The molecule has 0 radical (unpaired) electrons. The fourth-order valence-electron chi connectivity index (χ4n) is 3.20. The SMILES string of the molecule is NCCN(CCN)CCN1CCN(CCN(CCN)CCN)CC1.